The summed E-state index contributed by atoms with van der Waals surface area (Å²) in [5.74, 6) is -0.174. The summed E-state index contributed by atoms with van der Waals surface area (Å²) in [6, 6.07) is 8.99. The minimum Gasteiger partial charge on any atom is -0.482 e. The molecule has 0 aromatic heterocycles. The van der Waals surface area contributed by atoms with Crippen molar-refractivity contribution >= 4 is 11.8 Å². The fourth-order valence-electron chi connectivity index (χ4n) is 3.27. The van der Waals surface area contributed by atoms with Crippen LogP contribution in [-0.2, 0) is 14.3 Å². The molecule has 2 rings (SSSR count). The van der Waals surface area contributed by atoms with Crippen LogP contribution in [0.25, 0.3) is 0 Å². The molecule has 0 saturated carbocycles. The number of allylic oxidation sites excluding steroid dienone is 4. The van der Waals surface area contributed by atoms with Crippen molar-refractivity contribution in [3.05, 3.63) is 65.3 Å². The van der Waals surface area contributed by atoms with E-state index in [9.17, 15) is 9.59 Å². The number of carbonyl (C=O) groups excluding carboxylic acids is 2. The number of Topliss-reactive ketones (excluding diaryl/α,β-unsaturated/α-hetero) is 1. The molecule has 1 N–H and O–H groups in total. The minimum absolute atomic E-state index is 0.0282. The molecule has 0 amide bonds. The fraction of sp³-hybridized carbons (Fsp3) is 0.391. The number of ketones is 1. The molecule has 1 atom stereocenters. The molecule has 1 aliphatic carbocycles. The topological polar surface area (TPSA) is 72.8 Å². The van der Waals surface area contributed by atoms with Crippen molar-refractivity contribution in [2.45, 2.75) is 40.2 Å². The van der Waals surface area contributed by atoms with E-state index < -0.39 is 12.1 Å². The highest BCUT2D eigenvalue weighted by atomic mass is 16.6. The molecule has 0 bridgehead atoms. The van der Waals surface area contributed by atoms with Crippen molar-refractivity contribution in [1.29, 1.82) is 0 Å². The van der Waals surface area contributed by atoms with E-state index in [0.29, 0.717) is 17.7 Å². The van der Waals surface area contributed by atoms with Crippen LogP contribution in [-0.4, -0.2) is 36.2 Å². The first-order valence-corrected chi connectivity index (χ1v) is 9.33. The third-order valence-electron chi connectivity index (χ3n) is 4.79. The summed E-state index contributed by atoms with van der Waals surface area (Å²) in [7, 11) is 0. The Bertz CT molecular complexity index is 800. The predicted molar refractivity (Wildman–Crippen MR) is 108 cm³/mol. The Morgan fingerprint density at radius 2 is 1.96 bits per heavy atom. The van der Waals surface area contributed by atoms with Crippen LogP contribution in [0.15, 0.2) is 65.3 Å². The van der Waals surface area contributed by atoms with Crippen molar-refractivity contribution in [3.8, 4) is 5.75 Å². The van der Waals surface area contributed by atoms with Gasteiger partial charge in [0.15, 0.2) is 18.5 Å². The number of aliphatic hydroxyl groups excluding tert-OH is 1. The Kier molecular flexibility index (Phi) is 7.35. The van der Waals surface area contributed by atoms with E-state index in [0.717, 1.165) is 11.1 Å². The van der Waals surface area contributed by atoms with Gasteiger partial charge in [-0.3, -0.25) is 4.79 Å². The van der Waals surface area contributed by atoms with Crippen LogP contribution in [0.4, 0.5) is 0 Å². The Labute approximate surface area is 166 Å². The average Bonchev–Trinajstić information content (AvgIpc) is 2.65. The molecule has 1 unspecified atom stereocenters. The van der Waals surface area contributed by atoms with Gasteiger partial charge in [0.05, 0.1) is 6.61 Å². The van der Waals surface area contributed by atoms with E-state index in [1.165, 1.54) is 0 Å². The van der Waals surface area contributed by atoms with E-state index in [-0.39, 0.29) is 24.4 Å². The van der Waals surface area contributed by atoms with Gasteiger partial charge in [-0.1, -0.05) is 55.8 Å². The first kappa shape index (κ1) is 21.6. The summed E-state index contributed by atoms with van der Waals surface area (Å²) in [4.78, 5) is 24.9. The third-order valence-corrected chi connectivity index (χ3v) is 4.79. The smallest absolute Gasteiger partial charge is 0.344 e. The monoisotopic (exact) mass is 384 g/mol. The molecule has 5 nitrogen and oxygen atoms in total. The van der Waals surface area contributed by atoms with Crippen LogP contribution >= 0.6 is 0 Å². The van der Waals surface area contributed by atoms with Gasteiger partial charge in [-0.05, 0) is 42.5 Å². The maximum atomic E-state index is 12.7. The van der Waals surface area contributed by atoms with Gasteiger partial charge in [0.25, 0.3) is 0 Å². The first-order valence-electron chi connectivity index (χ1n) is 9.33. The van der Waals surface area contributed by atoms with Gasteiger partial charge in [0, 0.05) is 6.42 Å². The van der Waals surface area contributed by atoms with Gasteiger partial charge in [0.2, 0.25) is 0 Å². The predicted octanol–water partition coefficient (Wildman–Crippen LogP) is 3.79. The zero-order chi connectivity index (χ0) is 20.7. The number of benzene rings is 1. The van der Waals surface area contributed by atoms with Gasteiger partial charge in [-0.2, -0.15) is 0 Å². The SMILES string of the molecule is CC(C=CC1=C(C)C(=O)C(OC(=O)COc2ccccc2)CC1(C)C)=CCO. The molecule has 5 heteroatoms. The Hall–Kier alpha value is -2.66. The summed E-state index contributed by atoms with van der Waals surface area (Å²) < 4.78 is 10.8. The summed E-state index contributed by atoms with van der Waals surface area (Å²) in [5.41, 5.74) is 2.08. The Balaban J connectivity index is 2.07. The minimum atomic E-state index is -0.812. The zero-order valence-electron chi connectivity index (χ0n) is 16.9. The number of hydrogen-bond donors (Lipinski definition) is 1. The van der Waals surface area contributed by atoms with Gasteiger partial charge in [-0.25, -0.2) is 4.79 Å². The molecule has 0 heterocycles. The quantitative estimate of drug-likeness (QED) is 0.572. The molecule has 1 aliphatic rings. The summed E-state index contributed by atoms with van der Waals surface area (Å²) in [6.07, 6.45) is 5.08. The van der Waals surface area contributed by atoms with Crippen molar-refractivity contribution in [1.82, 2.24) is 0 Å². The number of para-hydroxylation sites is 1. The Morgan fingerprint density at radius 1 is 1.29 bits per heavy atom. The maximum Gasteiger partial charge on any atom is 0.344 e. The van der Waals surface area contributed by atoms with Crippen LogP contribution in [0.1, 0.15) is 34.1 Å². The van der Waals surface area contributed by atoms with Gasteiger partial charge >= 0.3 is 5.97 Å². The van der Waals surface area contributed by atoms with E-state index in [4.69, 9.17) is 14.6 Å². The fourth-order valence-corrected chi connectivity index (χ4v) is 3.27. The molecular formula is C23H28O5. The van der Waals surface area contributed by atoms with Crippen molar-refractivity contribution in [3.63, 3.8) is 0 Å². The molecule has 28 heavy (non-hydrogen) atoms. The standard InChI is InChI=1S/C23H28O5/c1-16(12-13-24)10-11-19-17(2)22(26)20(14-23(19,3)4)28-21(25)15-27-18-8-6-5-7-9-18/h5-12,20,24H,13-15H2,1-4H3. The number of rotatable bonds is 7. The lowest BCUT2D eigenvalue weighted by atomic mass is 9.71. The van der Waals surface area contributed by atoms with Crippen LogP contribution in [0.2, 0.25) is 0 Å². The molecule has 1 aromatic rings. The van der Waals surface area contributed by atoms with Crippen LogP contribution in [0, 0.1) is 5.41 Å². The molecule has 0 radical (unpaired) electrons. The largest absolute Gasteiger partial charge is 0.482 e. The highest BCUT2D eigenvalue weighted by Crippen LogP contribution is 2.40. The number of aliphatic hydroxyl groups is 1. The highest BCUT2D eigenvalue weighted by molar-refractivity contribution is 6.01. The molecule has 0 saturated heterocycles. The van der Waals surface area contributed by atoms with Crippen LogP contribution < -0.4 is 4.74 Å². The second-order valence-electron chi connectivity index (χ2n) is 7.54. The summed E-state index contributed by atoms with van der Waals surface area (Å²) in [6.45, 7) is 7.42. The van der Waals surface area contributed by atoms with E-state index >= 15 is 0 Å². The molecule has 0 aliphatic heterocycles. The van der Waals surface area contributed by atoms with Crippen molar-refractivity contribution in [2.75, 3.05) is 13.2 Å². The second kappa shape index (κ2) is 9.51. The van der Waals surface area contributed by atoms with E-state index in [1.807, 2.05) is 51.1 Å². The summed E-state index contributed by atoms with van der Waals surface area (Å²) in [5, 5.41) is 8.97. The Morgan fingerprint density at radius 3 is 2.61 bits per heavy atom. The highest BCUT2D eigenvalue weighted by Gasteiger charge is 2.39. The van der Waals surface area contributed by atoms with Gasteiger partial charge < -0.3 is 14.6 Å². The van der Waals surface area contributed by atoms with Crippen molar-refractivity contribution < 1.29 is 24.2 Å². The van der Waals surface area contributed by atoms with Gasteiger partial charge in [-0.15, -0.1) is 0 Å². The van der Waals surface area contributed by atoms with Gasteiger partial charge in [0.1, 0.15) is 5.75 Å². The van der Waals surface area contributed by atoms with Crippen LogP contribution in [0.3, 0.4) is 0 Å². The third kappa shape index (κ3) is 5.67. The number of ether oxygens (including phenoxy) is 2. The first-order chi connectivity index (χ1) is 13.2. The molecule has 0 spiro atoms. The molecule has 150 valence electrons. The lowest BCUT2D eigenvalue weighted by molar-refractivity contribution is -0.158. The maximum absolute atomic E-state index is 12.7. The number of esters is 1. The zero-order valence-corrected chi connectivity index (χ0v) is 16.9. The molecular weight excluding hydrogens is 356 g/mol. The second-order valence-corrected chi connectivity index (χ2v) is 7.54. The van der Waals surface area contributed by atoms with Crippen LogP contribution in [0.5, 0.6) is 5.75 Å². The lowest BCUT2D eigenvalue weighted by Crippen LogP contribution is -2.39. The van der Waals surface area contributed by atoms with E-state index in [2.05, 4.69) is 0 Å². The number of carbonyl (C=O) groups is 2. The summed E-state index contributed by atoms with van der Waals surface area (Å²) >= 11 is 0. The molecule has 1 aromatic carbocycles. The normalized spacial score (nSPS) is 19.8. The number of hydrogen-bond acceptors (Lipinski definition) is 5. The molecule has 0 fully saturated rings. The van der Waals surface area contributed by atoms with Crippen molar-refractivity contribution in [2.24, 2.45) is 5.41 Å². The van der Waals surface area contributed by atoms with E-state index in [1.54, 1.807) is 25.1 Å². The average molecular weight is 384 g/mol. The lowest BCUT2D eigenvalue weighted by Gasteiger charge is -2.36.